The first-order chi connectivity index (χ1) is 4.81. The van der Waals surface area contributed by atoms with Gasteiger partial charge in [0.2, 0.25) is 5.91 Å². The Morgan fingerprint density at radius 2 is 2.20 bits per heavy atom. The van der Waals surface area contributed by atoms with Crippen molar-refractivity contribution in [3.8, 4) is 0 Å². The molecule has 1 saturated heterocycles. The second-order valence-corrected chi connectivity index (χ2v) is 2.11. The number of rotatable bonds is 0. The summed E-state index contributed by atoms with van der Waals surface area (Å²) in [5.74, 6) is -0.00810. The first-order valence-electron chi connectivity index (χ1n) is 3.65. The van der Waals surface area contributed by atoms with Gasteiger partial charge in [0.15, 0.2) is 0 Å². The van der Waals surface area contributed by atoms with E-state index in [4.69, 9.17) is 4.74 Å². The molecule has 0 radical (unpaired) electrons. The van der Waals surface area contributed by atoms with E-state index in [0.717, 1.165) is 0 Å². The molecule has 1 N–H and O–H groups in total. The van der Waals surface area contributed by atoms with Crippen LogP contribution in [0.4, 0.5) is 0 Å². The Kier molecular flexibility index (Phi) is 6.18. The third-order valence-corrected chi connectivity index (χ3v) is 0.802. The van der Waals surface area contributed by atoms with Crippen molar-refractivity contribution in [2.45, 2.75) is 20.3 Å². The standard InChI is InChI=1S/C4H7NO2.C3H8/c6-4-3-7-2-1-5-4;1-3-2/h1-3H2,(H,5,6);3H2,1-2H3. The lowest BCUT2D eigenvalue weighted by Crippen LogP contribution is -2.36. The molecule has 1 fully saturated rings. The van der Waals surface area contributed by atoms with Crippen LogP contribution in [0.1, 0.15) is 20.3 Å². The highest BCUT2D eigenvalue weighted by atomic mass is 16.5. The van der Waals surface area contributed by atoms with Crippen molar-refractivity contribution in [1.82, 2.24) is 5.32 Å². The third-order valence-electron chi connectivity index (χ3n) is 0.802. The number of morpholine rings is 1. The Hall–Kier alpha value is -0.570. The van der Waals surface area contributed by atoms with Gasteiger partial charge in [0.05, 0.1) is 6.61 Å². The topological polar surface area (TPSA) is 38.3 Å². The fourth-order valence-corrected chi connectivity index (χ4v) is 0.479. The molecule has 0 aromatic carbocycles. The number of carbonyl (C=O) groups excluding carboxylic acids is 1. The lowest BCUT2D eigenvalue weighted by molar-refractivity contribution is -0.128. The molecule has 1 rings (SSSR count). The van der Waals surface area contributed by atoms with E-state index in [9.17, 15) is 4.79 Å². The average Bonchev–Trinajstić information content (AvgIpc) is 1.91. The van der Waals surface area contributed by atoms with Crippen molar-refractivity contribution in [3.63, 3.8) is 0 Å². The number of carbonyl (C=O) groups is 1. The third kappa shape index (κ3) is 5.56. The quantitative estimate of drug-likeness (QED) is 0.540. The maximum absolute atomic E-state index is 10.2. The Balaban J connectivity index is 0.000000236. The SMILES string of the molecule is CCC.O=C1COCCN1. The van der Waals surface area contributed by atoms with Crippen LogP contribution < -0.4 is 5.32 Å². The number of ether oxygens (including phenoxy) is 1. The van der Waals surface area contributed by atoms with Crippen molar-refractivity contribution in [3.05, 3.63) is 0 Å². The fourth-order valence-electron chi connectivity index (χ4n) is 0.479. The summed E-state index contributed by atoms with van der Waals surface area (Å²) >= 11 is 0. The van der Waals surface area contributed by atoms with E-state index in [0.29, 0.717) is 13.2 Å². The molecule has 0 aromatic heterocycles. The molecule has 0 saturated carbocycles. The molecule has 0 bridgehead atoms. The molecular formula is C7H15NO2. The van der Waals surface area contributed by atoms with E-state index >= 15 is 0 Å². The van der Waals surface area contributed by atoms with Crippen molar-refractivity contribution in [2.24, 2.45) is 0 Å². The molecule has 60 valence electrons. The predicted octanol–water partition coefficient (Wildman–Crippen LogP) is 0.549. The monoisotopic (exact) mass is 145 g/mol. The van der Waals surface area contributed by atoms with E-state index in [1.54, 1.807) is 0 Å². The van der Waals surface area contributed by atoms with E-state index in [2.05, 4.69) is 19.2 Å². The summed E-state index contributed by atoms with van der Waals surface area (Å²) in [7, 11) is 0. The highest BCUT2D eigenvalue weighted by Crippen LogP contribution is 1.79. The molecule has 1 aliphatic heterocycles. The van der Waals surface area contributed by atoms with Crippen LogP contribution in [0.2, 0.25) is 0 Å². The van der Waals surface area contributed by atoms with Gasteiger partial charge in [-0.15, -0.1) is 0 Å². The van der Waals surface area contributed by atoms with E-state index in [1.807, 2.05) is 0 Å². The van der Waals surface area contributed by atoms with Gasteiger partial charge in [0.1, 0.15) is 6.61 Å². The second-order valence-electron chi connectivity index (χ2n) is 2.11. The predicted molar refractivity (Wildman–Crippen MR) is 39.8 cm³/mol. The van der Waals surface area contributed by atoms with Crippen LogP contribution >= 0.6 is 0 Å². The van der Waals surface area contributed by atoms with Gasteiger partial charge in [-0.05, 0) is 0 Å². The van der Waals surface area contributed by atoms with Crippen LogP contribution in [-0.2, 0) is 9.53 Å². The summed E-state index contributed by atoms with van der Waals surface area (Å²) in [5, 5.41) is 2.62. The van der Waals surface area contributed by atoms with E-state index in [1.165, 1.54) is 6.42 Å². The molecule has 1 aliphatic rings. The largest absolute Gasteiger partial charge is 0.370 e. The molecule has 1 amide bonds. The van der Waals surface area contributed by atoms with Crippen LogP contribution in [0.5, 0.6) is 0 Å². The van der Waals surface area contributed by atoms with Gasteiger partial charge >= 0.3 is 0 Å². The van der Waals surface area contributed by atoms with Crippen molar-refractivity contribution in [1.29, 1.82) is 0 Å². The summed E-state index contributed by atoms with van der Waals surface area (Å²) in [6.45, 7) is 5.81. The Morgan fingerprint density at radius 1 is 1.60 bits per heavy atom. The van der Waals surface area contributed by atoms with Gasteiger partial charge in [-0.25, -0.2) is 0 Å². The number of nitrogens with one attached hydrogen (secondary N) is 1. The van der Waals surface area contributed by atoms with Crippen LogP contribution in [0, 0.1) is 0 Å². The molecule has 0 spiro atoms. The van der Waals surface area contributed by atoms with Crippen molar-refractivity contribution < 1.29 is 9.53 Å². The molecule has 0 aromatic rings. The first-order valence-corrected chi connectivity index (χ1v) is 3.65. The summed E-state index contributed by atoms with van der Waals surface area (Å²) in [4.78, 5) is 10.2. The maximum Gasteiger partial charge on any atom is 0.246 e. The Labute approximate surface area is 61.8 Å². The number of hydrogen-bond acceptors (Lipinski definition) is 2. The average molecular weight is 145 g/mol. The first kappa shape index (κ1) is 9.43. The molecule has 0 aliphatic carbocycles. The molecule has 1 heterocycles. The van der Waals surface area contributed by atoms with Crippen molar-refractivity contribution >= 4 is 5.91 Å². The van der Waals surface area contributed by atoms with Gasteiger partial charge in [-0.2, -0.15) is 0 Å². The molecule has 0 unspecified atom stereocenters. The lowest BCUT2D eigenvalue weighted by Gasteiger charge is -2.10. The molecular weight excluding hydrogens is 130 g/mol. The zero-order chi connectivity index (χ0) is 7.82. The van der Waals surface area contributed by atoms with Crippen LogP contribution in [0.25, 0.3) is 0 Å². The summed E-state index contributed by atoms with van der Waals surface area (Å²) in [6, 6.07) is 0. The Bertz CT molecular complexity index is 85.6. The maximum atomic E-state index is 10.2. The normalized spacial score (nSPS) is 16.8. The van der Waals surface area contributed by atoms with E-state index < -0.39 is 0 Å². The van der Waals surface area contributed by atoms with Crippen LogP contribution in [-0.4, -0.2) is 25.7 Å². The highest BCUT2D eigenvalue weighted by molar-refractivity contribution is 5.77. The minimum atomic E-state index is -0.00810. The van der Waals surface area contributed by atoms with Crippen LogP contribution in [0.15, 0.2) is 0 Å². The smallest absolute Gasteiger partial charge is 0.246 e. The van der Waals surface area contributed by atoms with Gasteiger partial charge in [0.25, 0.3) is 0 Å². The molecule has 0 atom stereocenters. The van der Waals surface area contributed by atoms with Crippen molar-refractivity contribution in [2.75, 3.05) is 19.8 Å². The zero-order valence-corrected chi connectivity index (χ0v) is 6.64. The highest BCUT2D eigenvalue weighted by Gasteiger charge is 2.04. The Morgan fingerprint density at radius 3 is 2.40 bits per heavy atom. The second kappa shape index (κ2) is 6.55. The lowest BCUT2D eigenvalue weighted by atomic mass is 10.5. The van der Waals surface area contributed by atoms with Gasteiger partial charge in [-0.1, -0.05) is 20.3 Å². The summed E-state index contributed by atoms with van der Waals surface area (Å²) in [6.07, 6.45) is 1.25. The zero-order valence-electron chi connectivity index (χ0n) is 6.64. The summed E-state index contributed by atoms with van der Waals surface area (Å²) < 4.78 is 4.77. The van der Waals surface area contributed by atoms with Gasteiger partial charge in [0, 0.05) is 6.54 Å². The minimum absolute atomic E-state index is 0.00810. The molecule has 10 heavy (non-hydrogen) atoms. The fraction of sp³-hybridized carbons (Fsp3) is 0.857. The molecule has 3 nitrogen and oxygen atoms in total. The van der Waals surface area contributed by atoms with Gasteiger partial charge < -0.3 is 10.1 Å². The molecule has 3 heteroatoms. The number of hydrogen-bond donors (Lipinski definition) is 1. The van der Waals surface area contributed by atoms with Gasteiger partial charge in [-0.3, -0.25) is 4.79 Å². The summed E-state index contributed by atoms with van der Waals surface area (Å²) in [5.41, 5.74) is 0. The number of amides is 1. The van der Waals surface area contributed by atoms with E-state index in [-0.39, 0.29) is 12.5 Å². The minimum Gasteiger partial charge on any atom is -0.370 e. The van der Waals surface area contributed by atoms with Crippen LogP contribution in [0.3, 0.4) is 0 Å².